The molecule has 0 saturated carbocycles. The van der Waals surface area contributed by atoms with Gasteiger partial charge in [-0.05, 0) is 30.5 Å². The first kappa shape index (κ1) is 11.9. The number of rotatable bonds is 2. The summed E-state index contributed by atoms with van der Waals surface area (Å²) in [6.45, 7) is 6.11. The van der Waals surface area contributed by atoms with Crippen LogP contribution in [0.5, 0.6) is 0 Å². The van der Waals surface area contributed by atoms with E-state index in [1.807, 2.05) is 25.1 Å². The Balaban J connectivity index is 2.64. The summed E-state index contributed by atoms with van der Waals surface area (Å²) in [5.74, 6) is 0.694. The largest absolute Gasteiger partial charge is 0.381 e. The number of nitrogen functional groups attached to an aromatic ring is 1. The molecular formula is C12H15ClN4. The number of hydrogen-bond acceptors (Lipinski definition) is 3. The Morgan fingerprint density at radius 2 is 2.06 bits per heavy atom. The van der Waals surface area contributed by atoms with Gasteiger partial charge in [-0.1, -0.05) is 36.7 Å². The molecule has 0 bridgehead atoms. The highest BCUT2D eigenvalue weighted by Crippen LogP contribution is 2.27. The Morgan fingerprint density at radius 3 is 2.71 bits per heavy atom. The van der Waals surface area contributed by atoms with Crippen LogP contribution in [0.4, 0.5) is 5.82 Å². The molecule has 5 heteroatoms. The first-order valence-corrected chi connectivity index (χ1v) is 5.86. The number of hydrogen-bond donors (Lipinski definition) is 1. The first-order valence-electron chi connectivity index (χ1n) is 5.48. The molecule has 0 aliphatic rings. The Kier molecular flexibility index (Phi) is 3.07. The molecule has 1 aromatic heterocycles. The zero-order valence-electron chi connectivity index (χ0n) is 10.1. The summed E-state index contributed by atoms with van der Waals surface area (Å²) in [6.07, 6.45) is 0. The molecule has 1 heterocycles. The van der Waals surface area contributed by atoms with Crippen LogP contribution >= 0.6 is 11.6 Å². The van der Waals surface area contributed by atoms with Crippen molar-refractivity contribution < 1.29 is 0 Å². The van der Waals surface area contributed by atoms with Gasteiger partial charge in [0.2, 0.25) is 0 Å². The summed E-state index contributed by atoms with van der Waals surface area (Å²) in [7, 11) is 0. The van der Waals surface area contributed by atoms with E-state index in [0.29, 0.717) is 10.8 Å². The number of halogens is 1. The fraction of sp³-hybridized carbons (Fsp3) is 0.333. The molecule has 0 atom stereocenters. The van der Waals surface area contributed by atoms with Gasteiger partial charge >= 0.3 is 0 Å². The molecule has 4 nitrogen and oxygen atoms in total. The van der Waals surface area contributed by atoms with E-state index in [0.717, 1.165) is 16.9 Å². The average Bonchev–Trinajstić information content (AvgIpc) is 2.64. The minimum absolute atomic E-state index is 0.238. The third-order valence-corrected chi connectivity index (χ3v) is 2.93. The minimum Gasteiger partial charge on any atom is -0.381 e. The van der Waals surface area contributed by atoms with Crippen LogP contribution in [0.15, 0.2) is 18.2 Å². The number of aryl methyl sites for hydroxylation is 1. The van der Waals surface area contributed by atoms with Crippen molar-refractivity contribution in [3.8, 4) is 5.69 Å². The maximum absolute atomic E-state index is 6.19. The van der Waals surface area contributed by atoms with E-state index < -0.39 is 0 Å². The lowest BCUT2D eigenvalue weighted by Crippen LogP contribution is -2.06. The van der Waals surface area contributed by atoms with E-state index in [-0.39, 0.29) is 5.92 Å². The summed E-state index contributed by atoms with van der Waals surface area (Å²) in [5.41, 5.74) is 8.65. The minimum atomic E-state index is 0.238. The van der Waals surface area contributed by atoms with Crippen molar-refractivity contribution in [1.29, 1.82) is 0 Å². The van der Waals surface area contributed by atoms with Gasteiger partial charge in [0.25, 0.3) is 0 Å². The molecule has 17 heavy (non-hydrogen) atoms. The monoisotopic (exact) mass is 250 g/mol. The average molecular weight is 251 g/mol. The van der Waals surface area contributed by atoms with E-state index in [1.54, 1.807) is 4.68 Å². The SMILES string of the molecule is Cc1ccc(Cl)c(-n2nnc(N)c2C(C)C)c1. The Hall–Kier alpha value is -1.55. The van der Waals surface area contributed by atoms with Crippen molar-refractivity contribution in [2.45, 2.75) is 26.7 Å². The number of anilines is 1. The molecule has 0 aliphatic heterocycles. The summed E-state index contributed by atoms with van der Waals surface area (Å²) in [5, 5.41) is 8.62. The van der Waals surface area contributed by atoms with E-state index in [9.17, 15) is 0 Å². The zero-order valence-corrected chi connectivity index (χ0v) is 10.9. The Labute approximate surface area is 105 Å². The van der Waals surface area contributed by atoms with Crippen molar-refractivity contribution in [3.05, 3.63) is 34.5 Å². The van der Waals surface area contributed by atoms with Gasteiger partial charge in [-0.3, -0.25) is 0 Å². The lowest BCUT2D eigenvalue weighted by atomic mass is 10.1. The van der Waals surface area contributed by atoms with Gasteiger partial charge < -0.3 is 5.73 Å². The van der Waals surface area contributed by atoms with E-state index in [4.69, 9.17) is 17.3 Å². The van der Waals surface area contributed by atoms with Crippen LogP contribution < -0.4 is 5.73 Å². The van der Waals surface area contributed by atoms with Crippen LogP contribution in [-0.2, 0) is 0 Å². The molecule has 0 unspecified atom stereocenters. The number of nitrogens with zero attached hydrogens (tertiary/aromatic N) is 3. The molecule has 0 spiro atoms. The molecule has 2 rings (SSSR count). The highest BCUT2D eigenvalue weighted by molar-refractivity contribution is 6.32. The highest BCUT2D eigenvalue weighted by atomic mass is 35.5. The zero-order chi connectivity index (χ0) is 12.6. The predicted molar refractivity (Wildman–Crippen MR) is 69.6 cm³/mol. The molecule has 0 saturated heterocycles. The van der Waals surface area contributed by atoms with Crippen LogP contribution in [-0.4, -0.2) is 15.0 Å². The molecule has 0 radical (unpaired) electrons. The van der Waals surface area contributed by atoms with Gasteiger partial charge in [-0.25, -0.2) is 4.68 Å². The lowest BCUT2D eigenvalue weighted by Gasteiger charge is -2.11. The number of nitrogens with two attached hydrogens (primary N) is 1. The van der Waals surface area contributed by atoms with Crippen LogP contribution in [0.3, 0.4) is 0 Å². The molecule has 0 amide bonds. The summed E-state index contributed by atoms with van der Waals surface area (Å²) < 4.78 is 1.72. The summed E-state index contributed by atoms with van der Waals surface area (Å²) >= 11 is 6.19. The van der Waals surface area contributed by atoms with Gasteiger partial charge in [-0.2, -0.15) is 0 Å². The molecule has 1 aromatic carbocycles. The molecule has 2 N–H and O–H groups in total. The lowest BCUT2D eigenvalue weighted by molar-refractivity contribution is 0.716. The van der Waals surface area contributed by atoms with Crippen molar-refractivity contribution >= 4 is 17.4 Å². The van der Waals surface area contributed by atoms with Gasteiger partial charge in [0.05, 0.1) is 16.4 Å². The van der Waals surface area contributed by atoms with E-state index in [1.165, 1.54) is 0 Å². The third-order valence-electron chi connectivity index (χ3n) is 2.61. The quantitative estimate of drug-likeness (QED) is 0.892. The number of benzene rings is 1. The van der Waals surface area contributed by atoms with Crippen molar-refractivity contribution in [2.75, 3.05) is 5.73 Å². The normalized spacial score (nSPS) is 11.1. The molecule has 90 valence electrons. The van der Waals surface area contributed by atoms with Crippen LogP contribution in [0.2, 0.25) is 5.02 Å². The fourth-order valence-corrected chi connectivity index (χ4v) is 2.00. The van der Waals surface area contributed by atoms with Crippen LogP contribution in [0.1, 0.15) is 31.0 Å². The Bertz CT molecular complexity index is 545. The highest BCUT2D eigenvalue weighted by Gasteiger charge is 2.16. The Morgan fingerprint density at radius 1 is 1.35 bits per heavy atom. The van der Waals surface area contributed by atoms with Gasteiger partial charge in [-0.15, -0.1) is 5.10 Å². The summed E-state index contributed by atoms with van der Waals surface area (Å²) in [4.78, 5) is 0. The van der Waals surface area contributed by atoms with E-state index >= 15 is 0 Å². The fourth-order valence-electron chi connectivity index (χ4n) is 1.80. The first-order chi connectivity index (χ1) is 8.00. The molecule has 2 aromatic rings. The van der Waals surface area contributed by atoms with Crippen LogP contribution in [0, 0.1) is 6.92 Å². The molecule has 0 aliphatic carbocycles. The van der Waals surface area contributed by atoms with E-state index in [2.05, 4.69) is 24.2 Å². The second-order valence-corrected chi connectivity index (χ2v) is 4.79. The smallest absolute Gasteiger partial charge is 0.169 e. The van der Waals surface area contributed by atoms with Crippen LogP contribution in [0.25, 0.3) is 5.69 Å². The maximum Gasteiger partial charge on any atom is 0.169 e. The second kappa shape index (κ2) is 4.37. The summed E-state index contributed by atoms with van der Waals surface area (Å²) in [6, 6.07) is 5.79. The van der Waals surface area contributed by atoms with Crippen molar-refractivity contribution in [3.63, 3.8) is 0 Å². The standard InChI is InChI=1S/C12H15ClN4/c1-7(2)11-12(14)15-16-17(11)10-6-8(3)4-5-9(10)13/h4-7H,14H2,1-3H3. The number of aromatic nitrogens is 3. The van der Waals surface area contributed by atoms with Crippen molar-refractivity contribution in [2.24, 2.45) is 0 Å². The molecular weight excluding hydrogens is 236 g/mol. The third kappa shape index (κ3) is 2.13. The van der Waals surface area contributed by atoms with Gasteiger partial charge in [0, 0.05) is 0 Å². The molecule has 0 fully saturated rings. The second-order valence-electron chi connectivity index (χ2n) is 4.38. The topological polar surface area (TPSA) is 56.7 Å². The van der Waals surface area contributed by atoms with Gasteiger partial charge in [0.1, 0.15) is 0 Å². The maximum atomic E-state index is 6.19. The predicted octanol–water partition coefficient (Wildman–Crippen LogP) is 2.93. The van der Waals surface area contributed by atoms with Gasteiger partial charge in [0.15, 0.2) is 5.82 Å². The van der Waals surface area contributed by atoms with Crippen molar-refractivity contribution in [1.82, 2.24) is 15.0 Å².